The van der Waals surface area contributed by atoms with Crippen LogP contribution in [-0.4, -0.2) is 47.3 Å². The molecule has 6 rings (SSSR count). The average molecular weight is 475 g/mol. The van der Waals surface area contributed by atoms with Gasteiger partial charge in [-0.15, -0.1) is 0 Å². The predicted octanol–water partition coefficient (Wildman–Crippen LogP) is 6.06. The smallest absolute Gasteiger partial charge is 0.128 e. The molecule has 1 aliphatic heterocycles. The van der Waals surface area contributed by atoms with E-state index in [9.17, 15) is 5.11 Å². The fraction of sp³-hybridized carbons (Fsp3) is 0.219. The summed E-state index contributed by atoms with van der Waals surface area (Å²) in [5.74, 6) is 0.768. The predicted molar refractivity (Wildman–Crippen MR) is 147 cm³/mol. The van der Waals surface area contributed by atoms with Crippen LogP contribution in [0.5, 0.6) is 5.75 Å². The van der Waals surface area contributed by atoms with Crippen LogP contribution in [0.3, 0.4) is 0 Å². The van der Waals surface area contributed by atoms with Gasteiger partial charge in [0.1, 0.15) is 18.5 Å². The highest BCUT2D eigenvalue weighted by Crippen LogP contribution is 2.38. The molecule has 3 aromatic carbocycles. The molecule has 2 heterocycles. The Labute approximate surface area is 212 Å². The van der Waals surface area contributed by atoms with E-state index in [1.807, 2.05) is 30.3 Å². The number of piperidine rings is 1. The van der Waals surface area contributed by atoms with Gasteiger partial charge in [0, 0.05) is 31.2 Å². The lowest BCUT2D eigenvalue weighted by molar-refractivity contribution is 0.0661. The van der Waals surface area contributed by atoms with E-state index >= 15 is 0 Å². The second-order valence-electron chi connectivity index (χ2n) is 9.58. The van der Waals surface area contributed by atoms with Gasteiger partial charge in [0.2, 0.25) is 0 Å². The Balaban J connectivity index is 1.15. The molecule has 1 saturated heterocycles. The molecule has 4 heteroatoms. The number of hydrogen-bond acceptors (Lipinski definition) is 4. The van der Waals surface area contributed by atoms with E-state index < -0.39 is 6.10 Å². The van der Waals surface area contributed by atoms with E-state index in [0.29, 0.717) is 6.54 Å². The number of likely N-dealkylation sites (tertiary alicyclic amines) is 1. The van der Waals surface area contributed by atoms with Crippen molar-refractivity contribution in [3.05, 3.63) is 113 Å². The average Bonchev–Trinajstić information content (AvgIpc) is 3.09. The maximum absolute atomic E-state index is 10.7. The van der Waals surface area contributed by atoms with Crippen molar-refractivity contribution in [2.24, 2.45) is 0 Å². The van der Waals surface area contributed by atoms with Gasteiger partial charge in [0.05, 0.1) is 5.52 Å². The third-order valence-corrected chi connectivity index (χ3v) is 7.22. The molecule has 2 aliphatic rings. The van der Waals surface area contributed by atoms with Crippen molar-refractivity contribution in [1.29, 1.82) is 0 Å². The maximum atomic E-state index is 10.7. The van der Waals surface area contributed by atoms with Gasteiger partial charge in [-0.3, -0.25) is 9.88 Å². The lowest BCUT2D eigenvalue weighted by Crippen LogP contribution is -2.39. The summed E-state index contributed by atoms with van der Waals surface area (Å²) in [7, 11) is 0. The minimum atomic E-state index is -0.547. The molecule has 1 aromatic heterocycles. The Morgan fingerprint density at radius 3 is 2.22 bits per heavy atom. The molecule has 0 spiro atoms. The molecule has 4 aromatic rings. The van der Waals surface area contributed by atoms with Crippen molar-refractivity contribution >= 4 is 28.6 Å². The third kappa shape index (κ3) is 4.58. The Kier molecular flexibility index (Phi) is 6.37. The van der Waals surface area contributed by atoms with Crippen molar-refractivity contribution in [1.82, 2.24) is 9.88 Å². The largest absolute Gasteiger partial charge is 0.490 e. The summed E-state index contributed by atoms with van der Waals surface area (Å²) in [5, 5.41) is 11.7. The van der Waals surface area contributed by atoms with Crippen LogP contribution in [0.4, 0.5) is 0 Å². The van der Waals surface area contributed by atoms with Crippen LogP contribution in [0, 0.1) is 0 Å². The Bertz CT molecular complexity index is 1390. The number of hydrogen-bond donors (Lipinski definition) is 1. The highest BCUT2D eigenvalue weighted by atomic mass is 16.5. The summed E-state index contributed by atoms with van der Waals surface area (Å²) in [5.41, 5.74) is 8.98. The highest BCUT2D eigenvalue weighted by Gasteiger charge is 2.23. The van der Waals surface area contributed by atoms with Gasteiger partial charge in [-0.2, -0.15) is 0 Å². The first-order chi connectivity index (χ1) is 17.8. The van der Waals surface area contributed by atoms with Crippen LogP contribution in [0.1, 0.15) is 35.1 Å². The molecule has 0 saturated carbocycles. The fourth-order valence-electron chi connectivity index (χ4n) is 5.44. The van der Waals surface area contributed by atoms with E-state index in [0.717, 1.165) is 42.6 Å². The molecule has 1 fully saturated rings. The first kappa shape index (κ1) is 22.7. The lowest BCUT2D eigenvalue weighted by Gasteiger charge is -2.31. The third-order valence-electron chi connectivity index (χ3n) is 7.22. The molecule has 1 atom stereocenters. The monoisotopic (exact) mass is 474 g/mol. The van der Waals surface area contributed by atoms with Crippen molar-refractivity contribution < 1.29 is 9.84 Å². The maximum Gasteiger partial charge on any atom is 0.128 e. The summed E-state index contributed by atoms with van der Waals surface area (Å²) in [4.78, 5) is 6.74. The van der Waals surface area contributed by atoms with Gasteiger partial charge in [0.15, 0.2) is 0 Å². The van der Waals surface area contributed by atoms with Crippen LogP contribution in [0.25, 0.3) is 28.6 Å². The normalized spacial score (nSPS) is 16.4. The van der Waals surface area contributed by atoms with E-state index in [4.69, 9.17) is 4.74 Å². The molecular weight excluding hydrogens is 444 g/mol. The van der Waals surface area contributed by atoms with E-state index in [1.54, 1.807) is 6.20 Å². The molecule has 1 N–H and O–H groups in total. The summed E-state index contributed by atoms with van der Waals surface area (Å²) in [6, 6.07) is 27.2. The number of fused-ring (bicyclic) bond motifs is 3. The number of aromatic nitrogens is 1. The Morgan fingerprint density at radius 1 is 0.806 bits per heavy atom. The lowest BCUT2D eigenvalue weighted by atomic mass is 9.86. The van der Waals surface area contributed by atoms with E-state index in [-0.39, 0.29) is 6.61 Å². The van der Waals surface area contributed by atoms with Crippen molar-refractivity contribution in [3.8, 4) is 5.75 Å². The molecule has 1 aliphatic carbocycles. The minimum Gasteiger partial charge on any atom is -0.490 e. The minimum absolute atomic E-state index is 0.269. The molecule has 1 unspecified atom stereocenters. The SMILES string of the molecule is OC(COc1cccc2ncccc12)CN1CCC(=C2c3ccccc3C=Cc3ccccc32)CC1. The van der Waals surface area contributed by atoms with Crippen LogP contribution < -0.4 is 4.74 Å². The van der Waals surface area contributed by atoms with E-state index in [2.05, 4.69) is 70.6 Å². The Hall–Kier alpha value is -3.73. The number of aliphatic hydroxyl groups is 1. The summed E-state index contributed by atoms with van der Waals surface area (Å²) < 4.78 is 6.00. The summed E-state index contributed by atoms with van der Waals surface area (Å²) in [6.45, 7) is 2.75. The molecule has 36 heavy (non-hydrogen) atoms. The number of aliphatic hydroxyl groups excluding tert-OH is 1. The van der Waals surface area contributed by atoms with Gasteiger partial charge in [-0.05, 0) is 64.9 Å². The zero-order valence-electron chi connectivity index (χ0n) is 20.3. The number of rotatable bonds is 5. The number of benzene rings is 3. The van der Waals surface area contributed by atoms with Crippen LogP contribution in [0.15, 0.2) is 90.6 Å². The molecule has 180 valence electrons. The zero-order valence-corrected chi connectivity index (χ0v) is 20.3. The Morgan fingerprint density at radius 2 is 1.50 bits per heavy atom. The first-order valence-corrected chi connectivity index (χ1v) is 12.7. The standard InChI is InChI=1S/C32H30N2O2/c35-26(22-36-31-13-5-12-30-29(31)11-6-18-33-30)21-34-19-16-25(17-20-34)32-27-9-3-1-7-23(27)14-15-24-8-2-4-10-28(24)32/h1-15,18,26,35H,16-17,19-22H2. The molecule has 0 radical (unpaired) electrons. The van der Waals surface area contributed by atoms with Gasteiger partial charge < -0.3 is 9.84 Å². The molecule has 4 nitrogen and oxygen atoms in total. The number of ether oxygens (including phenoxy) is 1. The van der Waals surface area contributed by atoms with Crippen molar-refractivity contribution in [2.75, 3.05) is 26.2 Å². The topological polar surface area (TPSA) is 45.6 Å². The molecule has 0 amide bonds. The molecule has 0 bridgehead atoms. The van der Waals surface area contributed by atoms with Crippen molar-refractivity contribution in [2.45, 2.75) is 18.9 Å². The van der Waals surface area contributed by atoms with Crippen LogP contribution >= 0.6 is 0 Å². The van der Waals surface area contributed by atoms with Crippen LogP contribution in [-0.2, 0) is 0 Å². The van der Waals surface area contributed by atoms with Gasteiger partial charge in [-0.1, -0.05) is 72.3 Å². The van der Waals surface area contributed by atoms with Gasteiger partial charge in [0.25, 0.3) is 0 Å². The number of nitrogens with zero attached hydrogens (tertiary/aromatic N) is 2. The first-order valence-electron chi connectivity index (χ1n) is 12.7. The molecular formula is C32H30N2O2. The fourth-order valence-corrected chi connectivity index (χ4v) is 5.44. The number of β-amino-alcohol motifs (C(OH)–C–C–N with tert-alkyl or cyclic N) is 1. The second-order valence-corrected chi connectivity index (χ2v) is 9.58. The quantitative estimate of drug-likeness (QED) is 0.337. The van der Waals surface area contributed by atoms with Gasteiger partial charge in [-0.25, -0.2) is 0 Å². The zero-order chi connectivity index (χ0) is 24.3. The summed E-state index contributed by atoms with van der Waals surface area (Å²) >= 11 is 0. The second kappa shape index (κ2) is 10.1. The summed E-state index contributed by atoms with van der Waals surface area (Å²) in [6.07, 6.45) is 7.71. The van der Waals surface area contributed by atoms with Crippen LogP contribution in [0.2, 0.25) is 0 Å². The van der Waals surface area contributed by atoms with Crippen molar-refractivity contribution in [3.63, 3.8) is 0 Å². The number of pyridine rings is 1. The van der Waals surface area contributed by atoms with Gasteiger partial charge >= 0.3 is 0 Å². The van der Waals surface area contributed by atoms with E-state index in [1.165, 1.54) is 33.4 Å². The highest BCUT2D eigenvalue weighted by molar-refractivity contribution is 5.95.